The number of aryl methyl sites for hydroxylation is 1. The standard InChI is InChI=1S/C31H30BrIN4O3/c1-21(8-5-6-15-36-19-28(34-35-36)26(20-38)23-10-3-2-4-11-23)31(40)27-17-24(32)13-14-29(27)37(30(31)39)18-22-9-7-12-25(33)16-22/h2-5,7-14,16-17,19,21,26,38,40H,6,15,18,20H2,1H3/b8-5+/t21-,26?,31+/m1/s1. The van der Waals surface area contributed by atoms with Gasteiger partial charge in [0.15, 0.2) is 5.60 Å². The van der Waals surface area contributed by atoms with E-state index in [1.807, 2.05) is 98.1 Å². The molecule has 1 unspecified atom stereocenters. The van der Waals surface area contributed by atoms with Crippen molar-refractivity contribution in [3.63, 3.8) is 0 Å². The second-order valence-corrected chi connectivity index (χ2v) is 12.2. The molecule has 0 aliphatic carbocycles. The molecule has 206 valence electrons. The maximum Gasteiger partial charge on any atom is 0.264 e. The van der Waals surface area contributed by atoms with Gasteiger partial charge < -0.3 is 15.1 Å². The van der Waals surface area contributed by atoms with Crippen LogP contribution >= 0.6 is 38.5 Å². The summed E-state index contributed by atoms with van der Waals surface area (Å²) in [6.07, 6.45) is 6.37. The van der Waals surface area contributed by atoms with Crippen LogP contribution < -0.4 is 4.90 Å². The number of hydrogen-bond donors (Lipinski definition) is 2. The Morgan fingerprint density at radius 1 is 1.10 bits per heavy atom. The number of carbonyl (C=O) groups is 1. The molecule has 7 nitrogen and oxygen atoms in total. The van der Waals surface area contributed by atoms with E-state index in [9.17, 15) is 15.0 Å². The molecule has 2 heterocycles. The monoisotopic (exact) mass is 712 g/mol. The predicted molar refractivity (Wildman–Crippen MR) is 167 cm³/mol. The third-order valence-corrected chi connectivity index (χ3v) is 8.53. The predicted octanol–water partition coefficient (Wildman–Crippen LogP) is 5.79. The van der Waals surface area contributed by atoms with Crippen molar-refractivity contribution in [1.82, 2.24) is 15.0 Å². The number of aromatic nitrogens is 3. The van der Waals surface area contributed by atoms with Crippen LogP contribution in [0.25, 0.3) is 0 Å². The topological polar surface area (TPSA) is 91.5 Å². The smallest absolute Gasteiger partial charge is 0.264 e. The Morgan fingerprint density at radius 3 is 2.65 bits per heavy atom. The van der Waals surface area contributed by atoms with Crippen molar-refractivity contribution in [3.05, 3.63) is 122 Å². The molecule has 9 heteroatoms. The Labute approximate surface area is 255 Å². The lowest BCUT2D eigenvalue weighted by atomic mass is 9.83. The quantitative estimate of drug-likeness (QED) is 0.161. The number of anilines is 1. The van der Waals surface area contributed by atoms with Gasteiger partial charge in [-0.3, -0.25) is 9.48 Å². The second-order valence-electron chi connectivity index (χ2n) is 10.0. The van der Waals surface area contributed by atoms with E-state index >= 15 is 0 Å². The number of allylic oxidation sites excluding steroid dienone is 1. The van der Waals surface area contributed by atoms with Crippen molar-refractivity contribution in [2.75, 3.05) is 11.5 Å². The van der Waals surface area contributed by atoms with Crippen molar-refractivity contribution in [3.8, 4) is 0 Å². The SMILES string of the molecule is C[C@H](/C=C/CCn1cc(C(CO)c2ccccc2)nn1)[C@@]1(O)C(=O)N(Cc2cccc(I)c2)c2ccc(Br)cc21. The van der Waals surface area contributed by atoms with Gasteiger partial charge in [0, 0.05) is 32.3 Å². The van der Waals surface area contributed by atoms with Crippen molar-refractivity contribution in [2.45, 2.75) is 38.0 Å². The number of halogens is 2. The van der Waals surface area contributed by atoms with Gasteiger partial charge >= 0.3 is 0 Å². The van der Waals surface area contributed by atoms with Crippen LogP contribution in [0.3, 0.4) is 0 Å². The van der Waals surface area contributed by atoms with Gasteiger partial charge in [0.25, 0.3) is 5.91 Å². The van der Waals surface area contributed by atoms with E-state index in [2.05, 4.69) is 48.8 Å². The number of rotatable bonds is 10. The Hall–Kier alpha value is -2.86. The lowest BCUT2D eigenvalue weighted by Gasteiger charge is -2.27. The zero-order valence-corrected chi connectivity index (χ0v) is 25.7. The molecule has 3 atom stereocenters. The van der Waals surface area contributed by atoms with E-state index < -0.39 is 11.5 Å². The Balaban J connectivity index is 1.29. The summed E-state index contributed by atoms with van der Waals surface area (Å²) in [7, 11) is 0. The van der Waals surface area contributed by atoms with Crippen molar-refractivity contribution >= 4 is 50.1 Å². The first-order chi connectivity index (χ1) is 19.3. The summed E-state index contributed by atoms with van der Waals surface area (Å²) >= 11 is 5.77. The normalized spacial score (nSPS) is 18.3. The van der Waals surface area contributed by atoms with Crippen LogP contribution in [-0.4, -0.2) is 37.7 Å². The maximum atomic E-state index is 13.8. The summed E-state index contributed by atoms with van der Waals surface area (Å²) in [4.78, 5) is 15.5. The summed E-state index contributed by atoms with van der Waals surface area (Å²) in [5, 5.41) is 30.3. The first-order valence-electron chi connectivity index (χ1n) is 13.1. The van der Waals surface area contributed by atoms with Crippen LogP contribution in [0.4, 0.5) is 5.69 Å². The molecule has 0 radical (unpaired) electrons. The number of aliphatic hydroxyl groups excluding tert-OH is 1. The molecule has 1 aliphatic heterocycles. The average molecular weight is 713 g/mol. The Morgan fingerprint density at radius 2 is 1.90 bits per heavy atom. The van der Waals surface area contributed by atoms with Gasteiger partial charge in [0.1, 0.15) is 0 Å². The zero-order valence-electron chi connectivity index (χ0n) is 22.0. The van der Waals surface area contributed by atoms with Gasteiger partial charge in [0.2, 0.25) is 0 Å². The number of aliphatic hydroxyl groups is 2. The minimum atomic E-state index is -1.68. The molecule has 0 saturated heterocycles. The van der Waals surface area contributed by atoms with E-state index in [0.29, 0.717) is 30.8 Å². The Bertz CT molecular complexity index is 1530. The van der Waals surface area contributed by atoms with Gasteiger partial charge in [-0.1, -0.05) is 82.7 Å². The summed E-state index contributed by atoms with van der Waals surface area (Å²) in [6.45, 7) is 2.78. The molecule has 0 bridgehead atoms. The van der Waals surface area contributed by atoms with Crippen LogP contribution in [0.2, 0.25) is 0 Å². The zero-order chi connectivity index (χ0) is 28.3. The van der Waals surface area contributed by atoms with Gasteiger partial charge in [-0.2, -0.15) is 0 Å². The van der Waals surface area contributed by atoms with Crippen LogP contribution in [-0.2, 0) is 23.5 Å². The third-order valence-electron chi connectivity index (χ3n) is 7.37. The molecule has 3 aromatic carbocycles. The van der Waals surface area contributed by atoms with Crippen LogP contribution in [0, 0.1) is 9.49 Å². The molecule has 2 N–H and O–H groups in total. The highest BCUT2D eigenvalue weighted by molar-refractivity contribution is 14.1. The van der Waals surface area contributed by atoms with Crippen LogP contribution in [0.5, 0.6) is 0 Å². The minimum absolute atomic E-state index is 0.0507. The molecule has 1 aliphatic rings. The molecular formula is C31H30BrIN4O3. The van der Waals surface area contributed by atoms with E-state index in [1.54, 1.807) is 9.58 Å². The fraction of sp³-hybridized carbons (Fsp3) is 0.258. The lowest BCUT2D eigenvalue weighted by molar-refractivity contribution is -0.139. The maximum absolute atomic E-state index is 13.8. The molecule has 0 spiro atoms. The number of benzene rings is 3. The fourth-order valence-corrected chi connectivity index (χ4v) is 6.15. The summed E-state index contributed by atoms with van der Waals surface area (Å²) in [6, 6.07) is 23.4. The lowest BCUT2D eigenvalue weighted by Crippen LogP contribution is -2.44. The van der Waals surface area contributed by atoms with Crippen LogP contribution in [0.15, 0.2) is 95.6 Å². The summed E-state index contributed by atoms with van der Waals surface area (Å²) in [5.74, 6) is -1.01. The van der Waals surface area contributed by atoms with Crippen LogP contribution in [0.1, 0.15) is 41.6 Å². The first-order valence-corrected chi connectivity index (χ1v) is 15.0. The molecule has 1 aromatic heterocycles. The third kappa shape index (κ3) is 5.79. The average Bonchev–Trinajstić information content (AvgIpc) is 3.50. The minimum Gasteiger partial charge on any atom is -0.395 e. The molecule has 0 saturated carbocycles. The summed E-state index contributed by atoms with van der Waals surface area (Å²) < 4.78 is 3.65. The van der Waals surface area contributed by atoms with E-state index in [1.165, 1.54) is 0 Å². The van der Waals surface area contributed by atoms with Crippen molar-refractivity contribution in [2.24, 2.45) is 5.92 Å². The summed E-state index contributed by atoms with van der Waals surface area (Å²) in [5.41, 5.74) is 2.36. The second kappa shape index (κ2) is 12.3. The molecule has 40 heavy (non-hydrogen) atoms. The van der Waals surface area contributed by atoms with Crippen molar-refractivity contribution < 1.29 is 15.0 Å². The number of nitrogens with zero attached hydrogens (tertiary/aromatic N) is 4. The van der Waals surface area contributed by atoms with Crippen molar-refractivity contribution in [1.29, 1.82) is 0 Å². The van der Waals surface area contributed by atoms with E-state index in [0.717, 1.165) is 24.9 Å². The number of fused-ring (bicyclic) bond motifs is 1. The molecule has 1 amide bonds. The fourth-order valence-electron chi connectivity index (χ4n) is 5.18. The molecule has 0 fully saturated rings. The molecular weight excluding hydrogens is 683 g/mol. The first kappa shape index (κ1) is 28.7. The highest BCUT2D eigenvalue weighted by Crippen LogP contribution is 2.46. The highest BCUT2D eigenvalue weighted by Gasteiger charge is 2.52. The van der Waals surface area contributed by atoms with E-state index in [-0.39, 0.29) is 18.4 Å². The number of hydrogen-bond acceptors (Lipinski definition) is 5. The number of carbonyl (C=O) groups excluding carboxylic acids is 1. The molecule has 4 aromatic rings. The highest BCUT2D eigenvalue weighted by atomic mass is 127. The van der Waals surface area contributed by atoms with Gasteiger partial charge in [0.05, 0.1) is 30.5 Å². The van der Waals surface area contributed by atoms with Gasteiger partial charge in [-0.15, -0.1) is 5.10 Å². The van der Waals surface area contributed by atoms with Gasteiger partial charge in [-0.05, 0) is 70.5 Å². The van der Waals surface area contributed by atoms with E-state index in [4.69, 9.17) is 0 Å². The molecule has 5 rings (SSSR count). The Kier molecular flexibility index (Phi) is 8.84. The largest absolute Gasteiger partial charge is 0.395 e. The van der Waals surface area contributed by atoms with Gasteiger partial charge in [-0.25, -0.2) is 0 Å². The number of amides is 1.